The van der Waals surface area contributed by atoms with Gasteiger partial charge in [-0.15, -0.1) is 0 Å². The Labute approximate surface area is 533 Å². The molecule has 11 rings (SSSR count). The number of H-pyrrole nitrogens is 1. The van der Waals surface area contributed by atoms with Crippen molar-refractivity contribution in [3.63, 3.8) is 0 Å². The molecule has 474 valence electrons. The lowest BCUT2D eigenvalue weighted by Crippen LogP contribution is -2.54. The first kappa shape index (κ1) is 63.7. The largest absolute Gasteiger partial charge is 0.455 e. The van der Waals surface area contributed by atoms with Crippen LogP contribution in [0.1, 0.15) is 146 Å². The van der Waals surface area contributed by atoms with Crippen LogP contribution in [0.5, 0.6) is 11.5 Å². The maximum absolute atomic E-state index is 14.2. The molecule has 0 saturated carbocycles. The summed E-state index contributed by atoms with van der Waals surface area (Å²) in [6.45, 7) is 9.82. The molecule has 21 nitrogen and oxygen atoms in total. The van der Waals surface area contributed by atoms with Crippen molar-refractivity contribution in [1.29, 1.82) is 0 Å². The minimum atomic E-state index is -4.67. The van der Waals surface area contributed by atoms with E-state index in [-0.39, 0.29) is 58.2 Å². The average Bonchev–Trinajstić information content (AvgIpc) is 1.71. The summed E-state index contributed by atoms with van der Waals surface area (Å²) in [6, 6.07) is 24.0. The minimum Gasteiger partial charge on any atom is -0.455 e. The first-order valence-corrected chi connectivity index (χ1v) is 33.0. The van der Waals surface area contributed by atoms with Gasteiger partial charge in [-0.1, -0.05) is 80.3 Å². The van der Waals surface area contributed by atoms with Gasteiger partial charge in [0.05, 0.1) is 32.7 Å². The maximum Gasteiger partial charge on any atom is 0.293 e. The van der Waals surface area contributed by atoms with Crippen molar-refractivity contribution in [3.8, 4) is 23.3 Å². The Morgan fingerprint density at radius 3 is 2.47 bits per heavy atom. The molecule has 0 radical (unpaired) electrons. The Balaban J connectivity index is 0.660. The predicted molar refractivity (Wildman–Crippen MR) is 345 cm³/mol. The number of nitro benzene ring substituents is 1. The van der Waals surface area contributed by atoms with E-state index in [0.29, 0.717) is 74.0 Å². The van der Waals surface area contributed by atoms with Crippen LogP contribution in [0.4, 0.5) is 17.1 Å². The highest BCUT2D eigenvalue weighted by Gasteiger charge is 2.45. The Morgan fingerprint density at radius 1 is 0.890 bits per heavy atom. The summed E-state index contributed by atoms with van der Waals surface area (Å²) in [6.07, 6.45) is 13.1. The summed E-state index contributed by atoms with van der Waals surface area (Å²) in [5.41, 5.74) is 5.93. The van der Waals surface area contributed by atoms with Crippen LogP contribution < -0.4 is 25.0 Å². The fraction of sp³-hybridized carbons (Fsp3) is 0.397. The van der Waals surface area contributed by atoms with Crippen LogP contribution in [-0.4, -0.2) is 132 Å². The van der Waals surface area contributed by atoms with Gasteiger partial charge in [-0.2, -0.15) is 0 Å². The van der Waals surface area contributed by atoms with Gasteiger partial charge in [-0.05, 0) is 134 Å². The molecule has 4 aromatic carbocycles. The van der Waals surface area contributed by atoms with Gasteiger partial charge < -0.3 is 24.8 Å². The molecule has 4 N–H and O–H groups in total. The number of amides is 6. The van der Waals surface area contributed by atoms with Crippen LogP contribution in [0.25, 0.3) is 16.6 Å². The third-order valence-corrected chi connectivity index (χ3v) is 19.5. The maximum atomic E-state index is 14.2. The zero-order valence-electron chi connectivity index (χ0n) is 51.0. The number of rotatable bonds is 21. The quantitative estimate of drug-likeness (QED) is 0.0172. The van der Waals surface area contributed by atoms with Gasteiger partial charge in [-0.25, -0.2) is 18.1 Å². The molecular weight excluding hydrogens is 1200 g/mol. The number of pyridine rings is 1. The number of carbonyl (C=O) groups excluding carboxylic acids is 6. The van der Waals surface area contributed by atoms with Gasteiger partial charge >= 0.3 is 0 Å². The van der Waals surface area contributed by atoms with Crippen LogP contribution in [0.2, 0.25) is 5.02 Å². The number of nitrogens with one attached hydrogen (secondary N) is 4. The molecule has 5 aliphatic rings. The summed E-state index contributed by atoms with van der Waals surface area (Å²) < 4.78 is 36.5. The summed E-state index contributed by atoms with van der Waals surface area (Å²) >= 11 is 6.27. The topological polar surface area (TPSA) is 267 Å². The molecule has 91 heavy (non-hydrogen) atoms. The highest BCUT2D eigenvalue weighted by Crippen LogP contribution is 2.44. The molecule has 2 aromatic heterocycles. The van der Waals surface area contributed by atoms with E-state index in [1.165, 1.54) is 47.2 Å². The van der Waals surface area contributed by atoms with E-state index >= 15 is 0 Å². The number of piperidine rings is 2. The highest BCUT2D eigenvalue weighted by molar-refractivity contribution is 7.90. The number of aromatic nitrogens is 2. The summed E-state index contributed by atoms with van der Waals surface area (Å²) in [7, 11) is -4.67. The lowest BCUT2D eigenvalue weighted by atomic mass is 9.72. The lowest BCUT2D eigenvalue weighted by molar-refractivity contribution is -0.384. The smallest absolute Gasteiger partial charge is 0.293 e. The molecule has 1 aliphatic carbocycles. The molecule has 3 saturated heterocycles. The van der Waals surface area contributed by atoms with Crippen molar-refractivity contribution in [2.75, 3.05) is 62.6 Å². The zero-order chi connectivity index (χ0) is 64.0. The second-order valence-corrected chi connectivity index (χ2v) is 27.0. The van der Waals surface area contributed by atoms with Gasteiger partial charge in [-0.3, -0.25) is 54.0 Å². The molecule has 23 heteroatoms. The van der Waals surface area contributed by atoms with Gasteiger partial charge in [0.15, 0.2) is 0 Å². The molecule has 2 atom stereocenters. The van der Waals surface area contributed by atoms with Crippen molar-refractivity contribution in [3.05, 3.63) is 152 Å². The molecule has 6 heterocycles. The molecule has 0 spiro atoms. The number of allylic oxidation sites excluding steroid dienone is 1. The number of likely N-dealkylation sites (tertiary alicyclic amines) is 1. The van der Waals surface area contributed by atoms with E-state index in [1.54, 1.807) is 36.5 Å². The second-order valence-electron chi connectivity index (χ2n) is 24.9. The summed E-state index contributed by atoms with van der Waals surface area (Å²) in [5.74, 6) is 3.28. The van der Waals surface area contributed by atoms with E-state index in [4.69, 9.17) is 16.3 Å². The predicted octanol–water partition coefficient (Wildman–Crippen LogP) is 10.7. The Hall–Kier alpha value is -8.91. The number of benzene rings is 4. The van der Waals surface area contributed by atoms with E-state index in [2.05, 4.69) is 72.9 Å². The Bertz CT molecular complexity index is 4050. The molecule has 2 unspecified atom stereocenters. The number of imide groups is 2. The minimum absolute atomic E-state index is 0.0268. The van der Waals surface area contributed by atoms with Gasteiger partial charge in [0, 0.05) is 112 Å². The van der Waals surface area contributed by atoms with Gasteiger partial charge in [0.2, 0.25) is 17.7 Å². The third-order valence-electron chi connectivity index (χ3n) is 17.9. The van der Waals surface area contributed by atoms with Crippen LogP contribution >= 0.6 is 11.6 Å². The number of aromatic amines is 1. The van der Waals surface area contributed by atoms with Crippen LogP contribution in [0.3, 0.4) is 0 Å². The SMILES string of the molecule is CC1(C)CCC(CN2CCN(c3ccc(C(=O)NS(=O)(=O)c4ccc(NCC5CCCN(C(=O)CCCCCCCC#Cc6cccc7c6C(=O)N(C6CCC(=O)NC6=O)C7=O)C5)c([N+](=O)[O-])c4)c(Oc4cnc5[nH]ccc5c4)c3)CC2)=C(c2ccc(Cl)cc2)C1. The number of hydrogen-bond donors (Lipinski definition) is 4. The summed E-state index contributed by atoms with van der Waals surface area (Å²) in [5, 5.41) is 19.3. The van der Waals surface area contributed by atoms with Crippen LogP contribution in [-0.2, 0) is 24.4 Å². The number of halogens is 1. The van der Waals surface area contributed by atoms with Crippen LogP contribution in [0.15, 0.2) is 114 Å². The monoisotopic (exact) mass is 1270 g/mol. The van der Waals surface area contributed by atoms with Gasteiger partial charge in [0.1, 0.15) is 28.9 Å². The second kappa shape index (κ2) is 27.7. The molecule has 0 bridgehead atoms. The molecule has 6 amide bonds. The number of nitro groups is 1. The normalized spacial score (nSPS) is 18.6. The van der Waals surface area contributed by atoms with Crippen molar-refractivity contribution in [2.24, 2.45) is 11.3 Å². The van der Waals surface area contributed by atoms with Crippen molar-refractivity contribution < 1.29 is 46.8 Å². The fourth-order valence-electron chi connectivity index (χ4n) is 12.9. The third kappa shape index (κ3) is 15.0. The molecule has 6 aromatic rings. The number of ether oxygens (including phenoxy) is 1. The fourth-order valence-corrected chi connectivity index (χ4v) is 14.0. The van der Waals surface area contributed by atoms with Crippen molar-refractivity contribution >= 4 is 90.7 Å². The van der Waals surface area contributed by atoms with E-state index in [1.807, 2.05) is 23.1 Å². The summed E-state index contributed by atoms with van der Waals surface area (Å²) in [4.78, 5) is 105. The number of carbonyl (C=O) groups is 6. The Kier molecular flexibility index (Phi) is 19.4. The number of fused-ring (bicyclic) bond motifs is 2. The number of hydrogen-bond acceptors (Lipinski definition) is 15. The standard InChI is InChI=1S/C68H73ClN10O11S/c1-68(2)29-27-48(55(39-68)45-17-19-49(69)20-18-45)43-75-32-34-76(35-33-75)50-21-23-53(59(37-50)90-51-36-47-28-30-70-63(47)72-41-51)64(82)74-91(88,89)52-22-24-56(58(38-52)79(86)87)71-40-44-12-11-31-77(42-44)61(81)16-9-7-5-3-4-6-8-13-46-14-10-15-54-62(46)67(85)78(66(54)84)57-25-26-60(80)73-65(57)83/h10,14-15,17-24,28,30,36-38,41,44,57,71H,3-7,9,11-12,16,25-27,29,31-35,39-40,42-43H2,1-2H3,(H,70,72)(H,74,82)(H,73,80,83). The van der Waals surface area contributed by atoms with Gasteiger partial charge in [0.25, 0.3) is 33.4 Å². The zero-order valence-corrected chi connectivity index (χ0v) is 52.6. The first-order chi connectivity index (χ1) is 43.8. The number of unbranched alkanes of at least 4 members (excludes halogenated alkanes) is 5. The number of nitrogens with zero attached hydrogens (tertiary/aromatic N) is 6. The highest BCUT2D eigenvalue weighted by atomic mass is 35.5. The molecular formula is C68H73ClN10O11S. The van der Waals surface area contributed by atoms with Crippen LogP contribution in [0, 0.1) is 33.3 Å². The number of piperazine rings is 1. The van der Waals surface area contributed by atoms with Crippen molar-refractivity contribution in [1.82, 2.24) is 34.7 Å². The van der Waals surface area contributed by atoms with E-state index in [9.17, 15) is 47.3 Å². The average molecular weight is 1270 g/mol. The van der Waals surface area contributed by atoms with E-state index in [0.717, 1.165) is 99.5 Å². The number of anilines is 2. The molecule has 4 aliphatic heterocycles. The first-order valence-electron chi connectivity index (χ1n) is 31.2. The van der Waals surface area contributed by atoms with Crippen molar-refractivity contribution in [2.45, 2.75) is 115 Å². The molecule has 3 fully saturated rings. The lowest BCUT2D eigenvalue weighted by Gasteiger charge is -2.39. The number of sulfonamides is 1. The van der Waals surface area contributed by atoms with E-state index < -0.39 is 61.1 Å². The Morgan fingerprint density at radius 2 is 1.68 bits per heavy atom.